The quantitative estimate of drug-likeness (QED) is 0.840. The van der Waals surface area contributed by atoms with Crippen LogP contribution < -0.4 is 10.6 Å². The number of amides is 2. The Morgan fingerprint density at radius 3 is 2.69 bits per heavy atom. The van der Waals surface area contributed by atoms with E-state index >= 15 is 0 Å². The second kappa shape index (κ2) is 6.12. The summed E-state index contributed by atoms with van der Waals surface area (Å²) in [5, 5.41) is 10.8. The monoisotopic (exact) mass is 387 g/mol. The fourth-order valence-corrected chi connectivity index (χ4v) is 4.47. The van der Waals surface area contributed by atoms with E-state index in [1.54, 1.807) is 42.5 Å². The van der Waals surface area contributed by atoms with E-state index < -0.39 is 22.7 Å². The maximum atomic E-state index is 13.2. The van der Waals surface area contributed by atoms with Crippen LogP contribution in [0.5, 0.6) is 0 Å². The standard InChI is InChI=1S/C18H14ClN3O3S/c19-11-5-3-4-10(8-11)9-22-13-7-2-1-6-12(13)18(25,16(22)24)14-15(23)21-17(20)26-14/h1-8,14,25H,9H2,(H2,20,21,23). The summed E-state index contributed by atoms with van der Waals surface area (Å²) in [4.78, 5) is 30.5. The molecule has 0 radical (unpaired) electrons. The fourth-order valence-electron chi connectivity index (χ4n) is 3.32. The Balaban J connectivity index is 1.77. The van der Waals surface area contributed by atoms with Crippen LogP contribution in [0.1, 0.15) is 11.1 Å². The van der Waals surface area contributed by atoms with Gasteiger partial charge in [0.1, 0.15) is 5.25 Å². The smallest absolute Gasteiger partial charge is 0.265 e. The molecule has 132 valence electrons. The van der Waals surface area contributed by atoms with Crippen molar-refractivity contribution in [3.8, 4) is 0 Å². The van der Waals surface area contributed by atoms with Crippen LogP contribution in [0, 0.1) is 0 Å². The lowest BCUT2D eigenvalue weighted by molar-refractivity contribution is -0.140. The number of carbonyl (C=O) groups is 2. The second-order valence-corrected chi connectivity index (χ2v) is 7.65. The molecule has 2 unspecified atom stereocenters. The van der Waals surface area contributed by atoms with Gasteiger partial charge in [-0.15, -0.1) is 0 Å². The van der Waals surface area contributed by atoms with Crippen molar-refractivity contribution >= 4 is 46.0 Å². The minimum atomic E-state index is -2.01. The topological polar surface area (TPSA) is 96.0 Å². The summed E-state index contributed by atoms with van der Waals surface area (Å²) in [6, 6.07) is 14.0. The van der Waals surface area contributed by atoms with Crippen molar-refractivity contribution in [3.63, 3.8) is 0 Å². The SMILES string of the molecule is NC1=NC(=O)C(C2(O)C(=O)N(Cc3cccc(Cl)c3)c3ccccc32)S1. The van der Waals surface area contributed by atoms with Crippen molar-refractivity contribution < 1.29 is 14.7 Å². The van der Waals surface area contributed by atoms with Gasteiger partial charge in [0.2, 0.25) is 0 Å². The molecule has 0 saturated heterocycles. The predicted molar refractivity (Wildman–Crippen MR) is 101 cm³/mol. The zero-order valence-electron chi connectivity index (χ0n) is 13.4. The largest absolute Gasteiger partial charge is 0.378 e. The minimum absolute atomic E-state index is 0.0481. The highest BCUT2D eigenvalue weighted by molar-refractivity contribution is 8.15. The Labute approximate surface area is 158 Å². The number of rotatable bonds is 3. The van der Waals surface area contributed by atoms with Gasteiger partial charge in [-0.2, -0.15) is 4.99 Å². The molecule has 2 heterocycles. The highest BCUT2D eigenvalue weighted by Crippen LogP contribution is 2.47. The van der Waals surface area contributed by atoms with E-state index in [0.29, 0.717) is 16.3 Å². The molecule has 2 aromatic carbocycles. The second-order valence-electron chi connectivity index (χ2n) is 6.09. The van der Waals surface area contributed by atoms with E-state index in [9.17, 15) is 14.7 Å². The molecule has 0 bridgehead atoms. The summed E-state index contributed by atoms with van der Waals surface area (Å²) in [5.41, 5.74) is 5.35. The number of anilines is 1. The Morgan fingerprint density at radius 2 is 2.00 bits per heavy atom. The van der Waals surface area contributed by atoms with Crippen LogP contribution in [0.15, 0.2) is 53.5 Å². The highest BCUT2D eigenvalue weighted by atomic mass is 35.5. The molecule has 2 amide bonds. The lowest BCUT2D eigenvalue weighted by Gasteiger charge is -2.26. The number of benzene rings is 2. The van der Waals surface area contributed by atoms with Crippen LogP contribution in [-0.4, -0.2) is 27.3 Å². The Bertz CT molecular complexity index is 964. The molecule has 0 fully saturated rings. The Morgan fingerprint density at radius 1 is 1.23 bits per heavy atom. The molecule has 2 aliphatic rings. The molecular formula is C18H14ClN3O3S. The third-order valence-electron chi connectivity index (χ3n) is 4.47. The minimum Gasteiger partial charge on any atom is -0.378 e. The predicted octanol–water partition coefficient (Wildman–Crippen LogP) is 2.03. The van der Waals surface area contributed by atoms with Crippen LogP contribution in [0.2, 0.25) is 5.02 Å². The molecule has 0 aliphatic carbocycles. The molecule has 4 rings (SSSR count). The number of aliphatic imine (C=N–C) groups is 1. The third kappa shape index (κ3) is 2.51. The normalized spacial score (nSPS) is 24.8. The number of hydrogen-bond acceptors (Lipinski definition) is 5. The van der Waals surface area contributed by atoms with E-state index in [1.807, 2.05) is 6.07 Å². The van der Waals surface area contributed by atoms with Crippen molar-refractivity contribution in [1.29, 1.82) is 0 Å². The van der Waals surface area contributed by atoms with Gasteiger partial charge >= 0.3 is 0 Å². The molecular weight excluding hydrogens is 374 g/mol. The molecule has 8 heteroatoms. The number of halogens is 1. The average Bonchev–Trinajstić information content (AvgIpc) is 3.06. The van der Waals surface area contributed by atoms with E-state index in [1.165, 1.54) is 4.90 Å². The van der Waals surface area contributed by atoms with Gasteiger partial charge in [-0.1, -0.05) is 53.7 Å². The van der Waals surface area contributed by atoms with Crippen LogP contribution in [0.3, 0.4) is 0 Å². The summed E-state index contributed by atoms with van der Waals surface area (Å²) >= 11 is 6.94. The van der Waals surface area contributed by atoms with Crippen molar-refractivity contribution in [3.05, 3.63) is 64.7 Å². The van der Waals surface area contributed by atoms with Gasteiger partial charge < -0.3 is 15.7 Å². The lowest BCUT2D eigenvalue weighted by atomic mass is 9.91. The molecule has 26 heavy (non-hydrogen) atoms. The van der Waals surface area contributed by atoms with E-state index in [0.717, 1.165) is 17.3 Å². The van der Waals surface area contributed by atoms with Crippen molar-refractivity contribution in [2.75, 3.05) is 4.90 Å². The number of nitrogens with zero attached hydrogens (tertiary/aromatic N) is 2. The highest BCUT2D eigenvalue weighted by Gasteiger charge is 2.59. The summed E-state index contributed by atoms with van der Waals surface area (Å²) in [6.45, 7) is 0.223. The molecule has 2 aliphatic heterocycles. The number of amidine groups is 1. The van der Waals surface area contributed by atoms with Crippen molar-refractivity contribution in [1.82, 2.24) is 0 Å². The van der Waals surface area contributed by atoms with E-state index in [2.05, 4.69) is 4.99 Å². The average molecular weight is 388 g/mol. The summed E-state index contributed by atoms with van der Waals surface area (Å²) in [5.74, 6) is -1.18. The molecule has 3 N–H and O–H groups in total. The summed E-state index contributed by atoms with van der Waals surface area (Å²) in [6.07, 6.45) is 0. The number of thioether (sulfide) groups is 1. The number of aliphatic hydroxyl groups is 1. The molecule has 0 spiro atoms. The number of fused-ring (bicyclic) bond motifs is 1. The zero-order chi connectivity index (χ0) is 18.5. The molecule has 2 atom stereocenters. The molecule has 6 nitrogen and oxygen atoms in total. The van der Waals surface area contributed by atoms with E-state index in [4.69, 9.17) is 17.3 Å². The zero-order valence-corrected chi connectivity index (χ0v) is 15.0. The van der Waals surface area contributed by atoms with Gasteiger partial charge in [-0.3, -0.25) is 9.59 Å². The van der Waals surface area contributed by atoms with Crippen LogP contribution >= 0.6 is 23.4 Å². The lowest BCUT2D eigenvalue weighted by Crippen LogP contribution is -2.49. The van der Waals surface area contributed by atoms with Gasteiger partial charge in [-0.25, -0.2) is 0 Å². The first-order chi connectivity index (χ1) is 12.4. The number of carbonyl (C=O) groups excluding carboxylic acids is 2. The number of hydrogen-bond donors (Lipinski definition) is 2. The third-order valence-corrected chi connectivity index (χ3v) is 5.82. The first-order valence-electron chi connectivity index (χ1n) is 7.84. The number of nitrogens with two attached hydrogens (primary N) is 1. The maximum absolute atomic E-state index is 13.2. The van der Waals surface area contributed by atoms with Crippen LogP contribution in [0.25, 0.3) is 0 Å². The van der Waals surface area contributed by atoms with E-state index in [-0.39, 0.29) is 11.7 Å². The molecule has 0 saturated carbocycles. The first-order valence-corrected chi connectivity index (χ1v) is 9.10. The van der Waals surface area contributed by atoms with Crippen LogP contribution in [-0.2, 0) is 21.7 Å². The molecule has 2 aromatic rings. The fraction of sp³-hybridized carbons (Fsp3) is 0.167. The Kier molecular flexibility index (Phi) is 4.02. The maximum Gasteiger partial charge on any atom is 0.265 e. The number of para-hydroxylation sites is 1. The summed E-state index contributed by atoms with van der Waals surface area (Å²) in [7, 11) is 0. The van der Waals surface area contributed by atoms with Crippen molar-refractivity contribution in [2.24, 2.45) is 10.7 Å². The van der Waals surface area contributed by atoms with Gasteiger partial charge in [0.25, 0.3) is 11.8 Å². The van der Waals surface area contributed by atoms with Crippen LogP contribution in [0.4, 0.5) is 5.69 Å². The Hall–Kier alpha value is -2.35. The van der Waals surface area contributed by atoms with Gasteiger partial charge in [0.05, 0.1) is 12.2 Å². The van der Waals surface area contributed by atoms with Gasteiger partial charge in [0, 0.05) is 10.6 Å². The van der Waals surface area contributed by atoms with Crippen molar-refractivity contribution in [2.45, 2.75) is 17.4 Å². The molecule has 0 aromatic heterocycles. The van der Waals surface area contributed by atoms with Gasteiger partial charge in [-0.05, 0) is 23.8 Å². The first kappa shape index (κ1) is 17.1. The summed E-state index contributed by atoms with van der Waals surface area (Å²) < 4.78 is 0. The van der Waals surface area contributed by atoms with Gasteiger partial charge in [0.15, 0.2) is 10.8 Å².